The van der Waals surface area contributed by atoms with Gasteiger partial charge in [-0.3, -0.25) is 9.59 Å². The molecule has 8 nitrogen and oxygen atoms in total. The van der Waals surface area contributed by atoms with Crippen molar-refractivity contribution >= 4 is 22.6 Å². The predicted octanol–water partition coefficient (Wildman–Crippen LogP) is 8.64. The standard InChI is InChI=1S/C41H53FN2O6/c1-4-25-21-47-40(48-22-25)30-11-7-27(8-12-30)37(45)33-19-20-34(36-35(33)43-39(44(36)6-3)29-15-17-32(42)18-16-29)38(46)28-9-13-31(14-10-28)41-49-23-26(5-2)24-50-41/h15-20,25-28,30-31,40-41H,4-14,21-24H2,1-3H3. The van der Waals surface area contributed by atoms with E-state index in [0.717, 1.165) is 96.2 Å². The fourth-order valence-corrected chi connectivity index (χ4v) is 8.64. The molecule has 0 unspecified atom stereocenters. The van der Waals surface area contributed by atoms with Crippen LogP contribution in [0.3, 0.4) is 0 Å². The molecule has 1 aromatic heterocycles. The Kier molecular flexibility index (Phi) is 11.1. The van der Waals surface area contributed by atoms with Crippen LogP contribution in [0.2, 0.25) is 0 Å². The van der Waals surface area contributed by atoms with Crippen LogP contribution >= 0.6 is 0 Å². The van der Waals surface area contributed by atoms with Crippen LogP contribution < -0.4 is 0 Å². The molecule has 0 amide bonds. The highest BCUT2D eigenvalue weighted by Crippen LogP contribution is 2.40. The molecule has 0 spiro atoms. The molecule has 0 bridgehead atoms. The van der Waals surface area contributed by atoms with Gasteiger partial charge in [0.25, 0.3) is 0 Å². The number of fused-ring (bicyclic) bond motifs is 1. The van der Waals surface area contributed by atoms with Crippen LogP contribution in [0.4, 0.5) is 4.39 Å². The second kappa shape index (κ2) is 15.7. The Bertz CT molecular complexity index is 1620. The van der Waals surface area contributed by atoms with E-state index < -0.39 is 0 Å². The molecule has 2 aliphatic heterocycles. The molecule has 4 aliphatic rings. The van der Waals surface area contributed by atoms with Crippen molar-refractivity contribution in [1.29, 1.82) is 0 Å². The first-order valence-electron chi connectivity index (χ1n) is 19.2. The first kappa shape index (κ1) is 35.4. The largest absolute Gasteiger partial charge is 0.352 e. The molecule has 50 heavy (non-hydrogen) atoms. The molecule has 9 heteroatoms. The Morgan fingerprint density at radius 3 is 1.60 bits per heavy atom. The Labute approximate surface area is 295 Å². The van der Waals surface area contributed by atoms with Crippen molar-refractivity contribution in [2.75, 3.05) is 26.4 Å². The predicted molar refractivity (Wildman–Crippen MR) is 189 cm³/mol. The normalized spacial score (nSPS) is 30.7. The number of aryl methyl sites for hydroxylation is 1. The van der Waals surface area contributed by atoms with Crippen molar-refractivity contribution in [2.45, 2.75) is 104 Å². The summed E-state index contributed by atoms with van der Waals surface area (Å²) in [6, 6.07) is 9.98. The average Bonchev–Trinajstić information content (AvgIpc) is 3.57. The van der Waals surface area contributed by atoms with Gasteiger partial charge in [-0.2, -0.15) is 0 Å². The van der Waals surface area contributed by atoms with Crippen LogP contribution in [-0.4, -0.2) is 60.1 Å². The van der Waals surface area contributed by atoms with Gasteiger partial charge in [0.2, 0.25) is 0 Å². The fourth-order valence-electron chi connectivity index (χ4n) is 8.64. The van der Waals surface area contributed by atoms with E-state index in [0.29, 0.717) is 58.2 Å². The molecule has 270 valence electrons. The Balaban J connectivity index is 1.13. The molecule has 7 rings (SSSR count). The number of halogens is 1. The van der Waals surface area contributed by atoms with Crippen LogP contribution in [-0.2, 0) is 25.5 Å². The summed E-state index contributed by atoms with van der Waals surface area (Å²) in [7, 11) is 0. The van der Waals surface area contributed by atoms with Gasteiger partial charge in [-0.15, -0.1) is 0 Å². The number of aromatic nitrogens is 2. The summed E-state index contributed by atoms with van der Waals surface area (Å²) < 4.78 is 40.3. The number of carbonyl (C=O) groups excluding carboxylic acids is 2. The lowest BCUT2D eigenvalue weighted by Crippen LogP contribution is -2.39. The summed E-state index contributed by atoms with van der Waals surface area (Å²) in [4.78, 5) is 33.8. The van der Waals surface area contributed by atoms with Crippen molar-refractivity contribution in [2.24, 2.45) is 35.5 Å². The van der Waals surface area contributed by atoms with E-state index in [1.54, 1.807) is 12.1 Å². The molecule has 3 aromatic rings. The molecule has 3 heterocycles. The van der Waals surface area contributed by atoms with Gasteiger partial charge in [0.1, 0.15) is 17.2 Å². The van der Waals surface area contributed by atoms with E-state index in [2.05, 4.69) is 13.8 Å². The smallest absolute Gasteiger partial charge is 0.168 e. The van der Waals surface area contributed by atoms with E-state index >= 15 is 0 Å². The molecule has 2 saturated heterocycles. The summed E-state index contributed by atoms with van der Waals surface area (Å²) in [6.07, 6.45) is 8.32. The maximum atomic E-state index is 14.4. The SMILES string of the molecule is CCC1COC(C2CCC(C(=O)c3ccc(C(=O)C4CCC(C5OCC(CC)CO5)CC4)c4c3nc(-c3ccc(F)cc3)n4CC)CC2)OC1. The zero-order valence-corrected chi connectivity index (χ0v) is 29.9. The molecule has 4 fully saturated rings. The number of hydrogen-bond acceptors (Lipinski definition) is 7. The summed E-state index contributed by atoms with van der Waals surface area (Å²) in [5, 5.41) is 0. The number of hydrogen-bond donors (Lipinski definition) is 0. The quantitative estimate of drug-likeness (QED) is 0.197. The van der Waals surface area contributed by atoms with Gasteiger partial charge in [0.05, 0.1) is 31.9 Å². The minimum atomic E-state index is -0.325. The minimum Gasteiger partial charge on any atom is -0.352 e. The molecular formula is C41H53FN2O6. The maximum Gasteiger partial charge on any atom is 0.168 e. The third kappa shape index (κ3) is 7.21. The number of ether oxygens (including phenoxy) is 4. The number of benzene rings is 2. The first-order chi connectivity index (χ1) is 24.4. The Morgan fingerprint density at radius 1 is 0.680 bits per heavy atom. The zero-order valence-electron chi connectivity index (χ0n) is 29.9. The molecule has 0 N–H and O–H groups in total. The van der Waals surface area contributed by atoms with E-state index in [1.165, 1.54) is 12.1 Å². The summed E-state index contributed by atoms with van der Waals surface area (Å²) in [5.74, 6) is 1.74. The van der Waals surface area contributed by atoms with E-state index in [1.807, 2.05) is 23.6 Å². The van der Waals surface area contributed by atoms with Gasteiger partial charge < -0.3 is 23.5 Å². The van der Waals surface area contributed by atoms with Crippen molar-refractivity contribution in [3.8, 4) is 11.4 Å². The number of imidazole rings is 1. The van der Waals surface area contributed by atoms with E-state index in [9.17, 15) is 14.0 Å². The number of ketones is 2. The van der Waals surface area contributed by atoms with Crippen LogP contribution in [0.25, 0.3) is 22.4 Å². The fraction of sp³-hybridized carbons (Fsp3) is 0.634. The summed E-state index contributed by atoms with van der Waals surface area (Å²) in [5.41, 5.74) is 3.19. The van der Waals surface area contributed by atoms with Gasteiger partial charge >= 0.3 is 0 Å². The van der Waals surface area contributed by atoms with Crippen LogP contribution in [0.1, 0.15) is 106 Å². The van der Waals surface area contributed by atoms with Crippen molar-refractivity contribution < 1.29 is 32.9 Å². The van der Waals surface area contributed by atoms with Crippen molar-refractivity contribution in [1.82, 2.24) is 9.55 Å². The Morgan fingerprint density at radius 2 is 1.14 bits per heavy atom. The highest BCUT2D eigenvalue weighted by molar-refractivity contribution is 6.14. The maximum absolute atomic E-state index is 14.4. The van der Waals surface area contributed by atoms with Gasteiger partial charge in [-0.05, 0) is 108 Å². The second-order valence-corrected chi connectivity index (χ2v) is 15.1. The van der Waals surface area contributed by atoms with Gasteiger partial charge in [-0.25, -0.2) is 9.37 Å². The molecule has 2 aliphatic carbocycles. The zero-order chi connectivity index (χ0) is 34.8. The van der Waals surface area contributed by atoms with Gasteiger partial charge in [0.15, 0.2) is 24.1 Å². The van der Waals surface area contributed by atoms with Crippen LogP contribution in [0, 0.1) is 41.3 Å². The minimum absolute atomic E-state index is 0.0775. The average molecular weight is 689 g/mol. The Hall–Kier alpha value is -2.98. The molecule has 0 atom stereocenters. The molecule has 0 radical (unpaired) electrons. The van der Waals surface area contributed by atoms with Crippen LogP contribution in [0.5, 0.6) is 0 Å². The lowest BCUT2D eigenvalue weighted by atomic mass is 9.77. The van der Waals surface area contributed by atoms with Gasteiger partial charge in [-0.1, -0.05) is 13.8 Å². The highest BCUT2D eigenvalue weighted by Gasteiger charge is 2.38. The number of carbonyl (C=O) groups is 2. The molecule has 2 aromatic carbocycles. The number of Topliss-reactive ketones (excluding diaryl/α,β-unsaturated/α-hetero) is 2. The monoisotopic (exact) mass is 688 g/mol. The highest BCUT2D eigenvalue weighted by atomic mass is 19.1. The summed E-state index contributed by atoms with van der Waals surface area (Å²) in [6.45, 7) is 9.86. The van der Waals surface area contributed by atoms with Crippen molar-refractivity contribution in [3.05, 3.63) is 53.3 Å². The second-order valence-electron chi connectivity index (χ2n) is 15.1. The lowest BCUT2D eigenvalue weighted by Gasteiger charge is -2.37. The molecule has 2 saturated carbocycles. The molecular weight excluding hydrogens is 635 g/mol. The van der Waals surface area contributed by atoms with Gasteiger partial charge in [0, 0.05) is 58.7 Å². The van der Waals surface area contributed by atoms with E-state index in [-0.39, 0.29) is 41.8 Å². The third-order valence-electron chi connectivity index (χ3n) is 12.0. The van der Waals surface area contributed by atoms with E-state index in [4.69, 9.17) is 23.9 Å². The third-order valence-corrected chi connectivity index (χ3v) is 12.0. The van der Waals surface area contributed by atoms with Crippen LogP contribution in [0.15, 0.2) is 36.4 Å². The lowest BCUT2D eigenvalue weighted by molar-refractivity contribution is -0.229. The first-order valence-corrected chi connectivity index (χ1v) is 19.2. The topological polar surface area (TPSA) is 88.9 Å². The summed E-state index contributed by atoms with van der Waals surface area (Å²) >= 11 is 0. The number of nitrogens with zero attached hydrogens (tertiary/aromatic N) is 2. The number of rotatable bonds is 10. The van der Waals surface area contributed by atoms with Crippen molar-refractivity contribution in [3.63, 3.8) is 0 Å².